The van der Waals surface area contributed by atoms with E-state index in [0.29, 0.717) is 23.5 Å². The molecule has 0 bridgehead atoms. The van der Waals surface area contributed by atoms with E-state index < -0.39 is 6.10 Å². The molecule has 1 fully saturated rings. The quantitative estimate of drug-likeness (QED) is 0.698. The molecule has 0 saturated carbocycles. The molecule has 2 aromatic rings. The lowest BCUT2D eigenvalue weighted by Crippen LogP contribution is -2.41. The average Bonchev–Trinajstić information content (AvgIpc) is 2.76. The number of carbonyl (C=O) groups excluding carboxylic acids is 2. The molecule has 1 heterocycles. The summed E-state index contributed by atoms with van der Waals surface area (Å²) in [6.07, 6.45) is -0.669. The number of aryl methyl sites for hydroxylation is 1. The maximum Gasteiger partial charge on any atom is 0.265 e. The van der Waals surface area contributed by atoms with E-state index in [1.165, 1.54) is 0 Å². The van der Waals surface area contributed by atoms with E-state index in [1.54, 1.807) is 31.2 Å². The second-order valence-electron chi connectivity index (χ2n) is 7.30. The number of nitrogens with zero attached hydrogens (tertiary/aromatic N) is 1. The predicted octanol–water partition coefficient (Wildman–Crippen LogP) is 2.46. The third kappa shape index (κ3) is 6.30. The monoisotopic (exact) mass is 411 g/mol. The van der Waals surface area contributed by atoms with Crippen LogP contribution in [-0.2, 0) is 9.53 Å². The number of ether oxygens (including phenoxy) is 2. The molecule has 1 aliphatic heterocycles. The van der Waals surface area contributed by atoms with Crippen LogP contribution < -0.4 is 15.4 Å². The van der Waals surface area contributed by atoms with Crippen molar-refractivity contribution in [2.24, 2.45) is 0 Å². The summed E-state index contributed by atoms with van der Waals surface area (Å²) in [5, 5.41) is 5.81. The third-order valence-electron chi connectivity index (χ3n) is 5.00. The van der Waals surface area contributed by atoms with Crippen LogP contribution >= 0.6 is 0 Å². The number of nitrogens with one attached hydrogen (secondary N) is 2. The molecule has 1 saturated heterocycles. The molecule has 0 aliphatic carbocycles. The Morgan fingerprint density at radius 1 is 1.13 bits per heavy atom. The first kappa shape index (κ1) is 21.8. The van der Waals surface area contributed by atoms with Gasteiger partial charge in [0.05, 0.1) is 13.2 Å². The molecule has 3 rings (SSSR count). The van der Waals surface area contributed by atoms with Gasteiger partial charge in [0.1, 0.15) is 5.75 Å². The summed E-state index contributed by atoms with van der Waals surface area (Å²) < 4.78 is 11.0. The van der Waals surface area contributed by atoms with Crippen molar-refractivity contribution in [1.29, 1.82) is 0 Å². The zero-order valence-electron chi connectivity index (χ0n) is 17.5. The summed E-state index contributed by atoms with van der Waals surface area (Å²) in [6, 6.07) is 14.5. The molecule has 1 aliphatic rings. The number of para-hydroxylation sites is 1. The van der Waals surface area contributed by atoms with Gasteiger partial charge in [0.2, 0.25) is 0 Å². The predicted molar refractivity (Wildman–Crippen MR) is 116 cm³/mol. The molecule has 30 heavy (non-hydrogen) atoms. The van der Waals surface area contributed by atoms with Gasteiger partial charge in [-0.25, -0.2) is 0 Å². The maximum atomic E-state index is 12.5. The van der Waals surface area contributed by atoms with E-state index in [4.69, 9.17) is 9.47 Å². The Kier molecular flexibility index (Phi) is 7.82. The van der Waals surface area contributed by atoms with Crippen molar-refractivity contribution in [1.82, 2.24) is 10.2 Å². The molecule has 160 valence electrons. The zero-order valence-corrected chi connectivity index (χ0v) is 17.5. The van der Waals surface area contributed by atoms with Gasteiger partial charge in [-0.3, -0.25) is 14.5 Å². The molecule has 2 N–H and O–H groups in total. The number of anilines is 1. The molecule has 0 radical (unpaired) electrons. The fourth-order valence-corrected chi connectivity index (χ4v) is 3.14. The van der Waals surface area contributed by atoms with Crippen LogP contribution in [0.3, 0.4) is 0 Å². The van der Waals surface area contributed by atoms with Crippen molar-refractivity contribution in [2.45, 2.75) is 20.0 Å². The molecule has 7 nitrogen and oxygen atoms in total. The molecule has 0 spiro atoms. The van der Waals surface area contributed by atoms with Crippen molar-refractivity contribution in [3.8, 4) is 5.75 Å². The van der Waals surface area contributed by atoms with Gasteiger partial charge in [-0.05, 0) is 43.7 Å². The number of carbonyl (C=O) groups is 2. The van der Waals surface area contributed by atoms with Crippen LogP contribution in [0.15, 0.2) is 48.5 Å². The van der Waals surface area contributed by atoms with E-state index in [9.17, 15) is 9.59 Å². The Morgan fingerprint density at radius 3 is 2.60 bits per heavy atom. The molecule has 0 aromatic heterocycles. The van der Waals surface area contributed by atoms with E-state index in [2.05, 4.69) is 15.5 Å². The Labute approximate surface area is 177 Å². The standard InChI is InChI=1S/C23H29N3O4/c1-17-8-9-19(23(28)24-10-11-26-12-14-29-15-13-26)16-21(17)25-22(27)18(2)30-20-6-4-3-5-7-20/h3-9,16,18H,10-15H2,1-2H3,(H,24,28)(H,25,27)/t18-/m0/s1. The van der Waals surface area contributed by atoms with Crippen molar-refractivity contribution in [2.75, 3.05) is 44.7 Å². The van der Waals surface area contributed by atoms with Crippen LogP contribution in [0, 0.1) is 6.92 Å². The van der Waals surface area contributed by atoms with Crippen molar-refractivity contribution in [3.05, 3.63) is 59.7 Å². The van der Waals surface area contributed by atoms with Gasteiger partial charge < -0.3 is 20.1 Å². The second kappa shape index (κ2) is 10.8. The lowest BCUT2D eigenvalue weighted by Gasteiger charge is -2.26. The van der Waals surface area contributed by atoms with Gasteiger partial charge in [-0.2, -0.15) is 0 Å². The number of morpholine rings is 1. The van der Waals surface area contributed by atoms with Crippen molar-refractivity contribution in [3.63, 3.8) is 0 Å². The van der Waals surface area contributed by atoms with Crippen LogP contribution in [0.25, 0.3) is 0 Å². The summed E-state index contributed by atoms with van der Waals surface area (Å²) >= 11 is 0. The van der Waals surface area contributed by atoms with Crippen LogP contribution in [-0.4, -0.2) is 62.2 Å². The van der Waals surface area contributed by atoms with E-state index in [0.717, 1.165) is 38.4 Å². The SMILES string of the molecule is Cc1ccc(C(=O)NCCN2CCOCC2)cc1NC(=O)[C@H](C)Oc1ccccc1. The summed E-state index contributed by atoms with van der Waals surface area (Å²) in [7, 11) is 0. The third-order valence-corrected chi connectivity index (χ3v) is 5.00. The summed E-state index contributed by atoms with van der Waals surface area (Å²) in [5.74, 6) is 0.199. The lowest BCUT2D eigenvalue weighted by molar-refractivity contribution is -0.122. The number of benzene rings is 2. The minimum atomic E-state index is -0.669. The van der Waals surface area contributed by atoms with E-state index in [-0.39, 0.29) is 11.8 Å². The molecular weight excluding hydrogens is 382 g/mol. The smallest absolute Gasteiger partial charge is 0.265 e. The minimum absolute atomic E-state index is 0.160. The van der Waals surface area contributed by atoms with Gasteiger partial charge >= 0.3 is 0 Å². The highest BCUT2D eigenvalue weighted by Gasteiger charge is 2.17. The summed E-state index contributed by atoms with van der Waals surface area (Å²) in [4.78, 5) is 27.3. The molecule has 2 amide bonds. The highest BCUT2D eigenvalue weighted by molar-refractivity contribution is 5.98. The minimum Gasteiger partial charge on any atom is -0.481 e. The number of rotatable bonds is 8. The Bertz CT molecular complexity index is 851. The highest BCUT2D eigenvalue weighted by atomic mass is 16.5. The van der Waals surface area contributed by atoms with Gasteiger partial charge in [0.15, 0.2) is 6.10 Å². The summed E-state index contributed by atoms with van der Waals surface area (Å²) in [6.45, 7) is 8.19. The van der Waals surface area contributed by atoms with Crippen LogP contribution in [0.1, 0.15) is 22.8 Å². The van der Waals surface area contributed by atoms with Crippen molar-refractivity contribution < 1.29 is 19.1 Å². The normalized spacial score (nSPS) is 15.3. The van der Waals surface area contributed by atoms with Crippen LogP contribution in [0.2, 0.25) is 0 Å². The van der Waals surface area contributed by atoms with Gasteiger partial charge in [-0.15, -0.1) is 0 Å². The molecule has 2 aromatic carbocycles. The Hall–Kier alpha value is -2.90. The lowest BCUT2D eigenvalue weighted by atomic mass is 10.1. The first-order valence-electron chi connectivity index (χ1n) is 10.2. The number of amides is 2. The first-order chi connectivity index (χ1) is 14.5. The van der Waals surface area contributed by atoms with Crippen LogP contribution in [0.4, 0.5) is 5.69 Å². The topological polar surface area (TPSA) is 79.9 Å². The highest BCUT2D eigenvalue weighted by Crippen LogP contribution is 2.18. The first-order valence-corrected chi connectivity index (χ1v) is 10.2. The molecule has 0 unspecified atom stereocenters. The fraction of sp³-hybridized carbons (Fsp3) is 0.391. The fourth-order valence-electron chi connectivity index (χ4n) is 3.14. The Morgan fingerprint density at radius 2 is 1.87 bits per heavy atom. The average molecular weight is 412 g/mol. The van der Waals surface area contributed by atoms with Gasteiger partial charge in [0, 0.05) is 37.4 Å². The number of hydrogen-bond donors (Lipinski definition) is 2. The molecular formula is C23H29N3O4. The second-order valence-corrected chi connectivity index (χ2v) is 7.30. The van der Waals surface area contributed by atoms with Gasteiger partial charge in [-0.1, -0.05) is 24.3 Å². The summed E-state index contributed by atoms with van der Waals surface area (Å²) in [5.41, 5.74) is 1.99. The molecule has 7 heteroatoms. The Balaban J connectivity index is 1.54. The van der Waals surface area contributed by atoms with Crippen molar-refractivity contribution >= 4 is 17.5 Å². The van der Waals surface area contributed by atoms with E-state index in [1.807, 2.05) is 31.2 Å². The van der Waals surface area contributed by atoms with Gasteiger partial charge in [0.25, 0.3) is 11.8 Å². The largest absolute Gasteiger partial charge is 0.481 e. The molecule has 1 atom stereocenters. The zero-order chi connectivity index (χ0) is 21.3. The van der Waals surface area contributed by atoms with E-state index >= 15 is 0 Å². The number of hydrogen-bond acceptors (Lipinski definition) is 5. The maximum absolute atomic E-state index is 12.5. The van der Waals surface area contributed by atoms with Crippen LogP contribution in [0.5, 0.6) is 5.75 Å².